The Morgan fingerprint density at radius 3 is 2.73 bits per heavy atom. The highest BCUT2D eigenvalue weighted by molar-refractivity contribution is 7.52. The first-order chi connectivity index (χ1) is 19.4. The Morgan fingerprint density at radius 1 is 1.24 bits per heavy atom. The van der Waals surface area contributed by atoms with Gasteiger partial charge in [0.05, 0.1) is 25.6 Å². The number of nitrogens with two attached hydrogens (primary N) is 1. The molecule has 4 aromatic rings. The van der Waals surface area contributed by atoms with Crippen molar-refractivity contribution in [1.29, 1.82) is 0 Å². The molecule has 0 saturated carbocycles. The van der Waals surface area contributed by atoms with Gasteiger partial charge >= 0.3 is 13.7 Å². The molecule has 1 fully saturated rings. The third-order valence-corrected chi connectivity index (χ3v) is 8.67. The second kappa shape index (κ2) is 10.6. The molecule has 14 nitrogen and oxygen atoms in total. The Bertz CT molecular complexity index is 1640. The van der Waals surface area contributed by atoms with E-state index in [1.54, 1.807) is 24.3 Å². The van der Waals surface area contributed by atoms with Crippen LogP contribution in [0, 0.1) is 0 Å². The predicted molar refractivity (Wildman–Crippen MR) is 147 cm³/mol. The van der Waals surface area contributed by atoms with Crippen molar-refractivity contribution in [2.24, 2.45) is 0 Å². The zero-order valence-corrected chi connectivity index (χ0v) is 23.7. The topological polar surface area (TPSA) is 193 Å². The molecule has 0 spiro atoms. The number of imidazole rings is 1. The van der Waals surface area contributed by atoms with Crippen LogP contribution in [-0.4, -0.2) is 72.8 Å². The summed E-state index contributed by atoms with van der Waals surface area (Å²) in [6.45, 7) is 3.81. The fourth-order valence-electron chi connectivity index (χ4n) is 4.75. The summed E-state index contributed by atoms with van der Waals surface area (Å²) in [5.74, 6) is -0.354. The van der Waals surface area contributed by atoms with Gasteiger partial charge in [0.25, 0.3) is 0 Å². The molecule has 1 unspecified atom stereocenters. The third-order valence-electron chi connectivity index (χ3n) is 6.91. The Kier molecular flexibility index (Phi) is 7.49. The molecule has 15 heteroatoms. The minimum Gasteiger partial charge on any atom is -0.468 e. The highest BCUT2D eigenvalue weighted by Crippen LogP contribution is 2.50. The number of aliphatic hydroxyl groups excluding tert-OH is 1. The van der Waals surface area contributed by atoms with E-state index in [1.165, 1.54) is 44.9 Å². The number of nitrogens with zero attached hydrogens (tertiary/aromatic N) is 4. The molecule has 1 aliphatic rings. The van der Waals surface area contributed by atoms with E-state index < -0.39 is 49.8 Å². The minimum atomic E-state index is -4.36. The number of ether oxygens (including phenoxy) is 2. The molecule has 0 aliphatic carbocycles. The summed E-state index contributed by atoms with van der Waals surface area (Å²) in [7, 11) is -3.16. The van der Waals surface area contributed by atoms with Crippen LogP contribution >= 0.6 is 7.75 Å². The average molecular weight is 587 g/mol. The number of rotatable bonds is 9. The number of anilines is 1. The van der Waals surface area contributed by atoms with Gasteiger partial charge in [-0.15, -0.1) is 0 Å². The summed E-state index contributed by atoms with van der Waals surface area (Å²) in [5.41, 5.74) is 3.11. The van der Waals surface area contributed by atoms with Crippen LogP contribution in [0.3, 0.4) is 0 Å². The van der Waals surface area contributed by atoms with Crippen molar-refractivity contribution >= 4 is 36.0 Å². The number of aromatic nitrogens is 4. The first-order valence-corrected chi connectivity index (χ1v) is 14.2. The number of hydrogen-bond acceptors (Lipinski definition) is 12. The van der Waals surface area contributed by atoms with Gasteiger partial charge < -0.3 is 29.9 Å². The standard InChI is InChI=1S/C26H31N6O8P/c1-25(2,24(34)37-4)31-41(36,40-18-11-7-9-15-8-5-6-10-16(15)18)38-13-19-20(33)26(3,35)21(39-19)17-12-28-23-22(27)29-14-30-32(17)23/h5-12,14,19-21,33,35H,13H2,1-4H3,(H,31,36)(H2,27,29,30)/t19-,20-,21+,26-,41?/m1/s1. The number of nitrogens with one attached hydrogen (secondary N) is 1. The lowest BCUT2D eigenvalue weighted by atomic mass is 9.91. The van der Waals surface area contributed by atoms with Gasteiger partial charge in [-0.3, -0.25) is 9.32 Å². The third kappa shape index (κ3) is 5.37. The second-order valence-corrected chi connectivity index (χ2v) is 12.0. The molecule has 2 aromatic carbocycles. The number of carbonyl (C=O) groups excluding carboxylic acids is 1. The molecule has 3 heterocycles. The Labute approximate surface area is 235 Å². The van der Waals surface area contributed by atoms with Crippen molar-refractivity contribution in [1.82, 2.24) is 24.7 Å². The molecular weight excluding hydrogens is 555 g/mol. The van der Waals surface area contributed by atoms with Crippen molar-refractivity contribution in [2.75, 3.05) is 19.5 Å². The molecule has 5 N–H and O–H groups in total. The minimum absolute atomic E-state index is 0.120. The molecule has 5 atom stereocenters. The predicted octanol–water partition coefficient (Wildman–Crippen LogP) is 2.16. The van der Waals surface area contributed by atoms with Crippen LogP contribution in [0.4, 0.5) is 5.82 Å². The van der Waals surface area contributed by atoms with E-state index in [-0.39, 0.29) is 17.2 Å². The lowest BCUT2D eigenvalue weighted by Gasteiger charge is -2.30. The van der Waals surface area contributed by atoms with Gasteiger partial charge in [0.1, 0.15) is 41.5 Å². The van der Waals surface area contributed by atoms with Gasteiger partial charge in [0.2, 0.25) is 0 Å². The van der Waals surface area contributed by atoms with Crippen LogP contribution in [0.2, 0.25) is 0 Å². The molecule has 41 heavy (non-hydrogen) atoms. The van der Waals surface area contributed by atoms with Crippen molar-refractivity contribution in [2.45, 2.75) is 50.2 Å². The van der Waals surface area contributed by atoms with Gasteiger partial charge in [-0.25, -0.2) is 19.0 Å². The lowest BCUT2D eigenvalue weighted by Crippen LogP contribution is -2.47. The van der Waals surface area contributed by atoms with Crippen molar-refractivity contribution in [3.8, 4) is 5.75 Å². The van der Waals surface area contributed by atoms with Gasteiger partial charge in [0.15, 0.2) is 11.5 Å². The number of nitrogen functional groups attached to an aromatic ring is 1. The van der Waals surface area contributed by atoms with Crippen molar-refractivity contribution in [3.63, 3.8) is 0 Å². The zero-order chi connectivity index (χ0) is 29.6. The van der Waals surface area contributed by atoms with Gasteiger partial charge in [-0.1, -0.05) is 36.4 Å². The average Bonchev–Trinajstić information content (AvgIpc) is 3.46. The first-order valence-electron chi connectivity index (χ1n) is 12.7. The molecule has 2 aromatic heterocycles. The Morgan fingerprint density at radius 2 is 1.98 bits per heavy atom. The number of esters is 1. The summed E-state index contributed by atoms with van der Waals surface area (Å²) in [6.07, 6.45) is -1.15. The number of methoxy groups -OCH3 is 1. The first kappa shape index (κ1) is 28.9. The molecular formula is C26H31N6O8P. The van der Waals surface area contributed by atoms with E-state index in [0.29, 0.717) is 11.1 Å². The Balaban J connectivity index is 1.43. The van der Waals surface area contributed by atoms with E-state index in [0.717, 1.165) is 5.39 Å². The maximum atomic E-state index is 14.2. The summed E-state index contributed by atoms with van der Waals surface area (Å²) in [5, 5.41) is 30.5. The summed E-state index contributed by atoms with van der Waals surface area (Å²) in [6, 6.07) is 12.5. The van der Waals surface area contributed by atoms with Crippen molar-refractivity contribution < 1.29 is 38.1 Å². The van der Waals surface area contributed by atoms with E-state index in [9.17, 15) is 19.6 Å². The maximum Gasteiger partial charge on any atom is 0.459 e. The quantitative estimate of drug-likeness (QED) is 0.165. The van der Waals surface area contributed by atoms with Crippen LogP contribution in [0.5, 0.6) is 5.75 Å². The normalized spacial score (nSPS) is 24.4. The molecule has 5 rings (SSSR count). The van der Waals surface area contributed by atoms with Gasteiger partial charge in [0, 0.05) is 5.39 Å². The maximum absolute atomic E-state index is 14.2. The number of aliphatic hydroxyl groups is 2. The highest BCUT2D eigenvalue weighted by Gasteiger charge is 2.54. The molecule has 0 radical (unpaired) electrons. The fourth-order valence-corrected chi connectivity index (χ4v) is 6.45. The second-order valence-electron chi connectivity index (χ2n) is 10.4. The monoisotopic (exact) mass is 586 g/mol. The SMILES string of the molecule is COC(=O)C(C)(C)NP(=O)(OC[C@H]1O[C@@H](c2cnc3c(N)ncnn23)[C@](C)(O)[C@@H]1O)Oc1cccc2ccccc12. The summed E-state index contributed by atoms with van der Waals surface area (Å²) in [4.78, 5) is 20.5. The summed E-state index contributed by atoms with van der Waals surface area (Å²) >= 11 is 0. The van der Waals surface area contributed by atoms with Crippen molar-refractivity contribution in [3.05, 3.63) is 60.7 Å². The van der Waals surface area contributed by atoms with Crippen LogP contribution in [0.25, 0.3) is 16.4 Å². The van der Waals surface area contributed by atoms with Crippen LogP contribution in [0.15, 0.2) is 55.0 Å². The van der Waals surface area contributed by atoms with E-state index in [1.807, 2.05) is 18.2 Å². The Hall–Kier alpha value is -3.65. The van der Waals surface area contributed by atoms with Crippen LogP contribution in [0.1, 0.15) is 32.6 Å². The fraction of sp³-hybridized carbons (Fsp3) is 0.385. The van der Waals surface area contributed by atoms with Crippen LogP contribution < -0.4 is 15.3 Å². The largest absolute Gasteiger partial charge is 0.468 e. The smallest absolute Gasteiger partial charge is 0.459 e. The highest BCUT2D eigenvalue weighted by atomic mass is 31.2. The molecule has 1 aliphatic heterocycles. The molecule has 1 saturated heterocycles. The van der Waals surface area contributed by atoms with Crippen LogP contribution in [-0.2, 0) is 23.4 Å². The van der Waals surface area contributed by atoms with E-state index >= 15 is 0 Å². The number of fused-ring (bicyclic) bond motifs is 2. The van der Waals surface area contributed by atoms with Gasteiger partial charge in [-0.2, -0.15) is 10.2 Å². The molecule has 0 bridgehead atoms. The molecule has 0 amide bonds. The zero-order valence-electron chi connectivity index (χ0n) is 22.8. The lowest BCUT2D eigenvalue weighted by molar-refractivity contribution is -0.146. The van der Waals surface area contributed by atoms with Gasteiger partial charge in [-0.05, 0) is 32.2 Å². The number of benzene rings is 2. The summed E-state index contributed by atoms with van der Waals surface area (Å²) < 4.78 is 38.1. The van der Waals surface area contributed by atoms with E-state index in [2.05, 4.69) is 20.2 Å². The molecule has 218 valence electrons. The van der Waals surface area contributed by atoms with E-state index in [4.69, 9.17) is 24.3 Å². The number of hydrogen-bond donors (Lipinski definition) is 4. The number of carbonyl (C=O) groups is 1.